The van der Waals surface area contributed by atoms with Gasteiger partial charge in [0.2, 0.25) is 0 Å². The zero-order valence-corrected chi connectivity index (χ0v) is 6.13. The SMILES string of the molecule is COC(CNC#N)C1CC1. The molecule has 56 valence electrons. The molecule has 1 fully saturated rings. The summed E-state index contributed by atoms with van der Waals surface area (Å²) in [5.41, 5.74) is 0. The van der Waals surface area contributed by atoms with Gasteiger partial charge in [-0.15, -0.1) is 0 Å². The maximum atomic E-state index is 8.20. The summed E-state index contributed by atoms with van der Waals surface area (Å²) in [6.07, 6.45) is 4.65. The van der Waals surface area contributed by atoms with E-state index in [-0.39, 0.29) is 6.10 Å². The van der Waals surface area contributed by atoms with Crippen molar-refractivity contribution in [2.24, 2.45) is 5.92 Å². The van der Waals surface area contributed by atoms with Gasteiger partial charge < -0.3 is 10.1 Å². The molecule has 0 amide bonds. The second kappa shape index (κ2) is 3.43. The number of hydrogen-bond acceptors (Lipinski definition) is 3. The van der Waals surface area contributed by atoms with Crippen LogP contribution in [0.5, 0.6) is 0 Å². The molecule has 10 heavy (non-hydrogen) atoms. The predicted octanol–water partition coefficient (Wildman–Crippen LogP) is 0.482. The van der Waals surface area contributed by atoms with Crippen LogP contribution < -0.4 is 5.32 Å². The fraction of sp³-hybridized carbons (Fsp3) is 0.857. The third-order valence-corrected chi connectivity index (χ3v) is 1.83. The van der Waals surface area contributed by atoms with Crippen molar-refractivity contribution in [3.05, 3.63) is 0 Å². The molecular formula is C7H12N2O. The van der Waals surface area contributed by atoms with Crippen LogP contribution in [0.15, 0.2) is 0 Å². The van der Waals surface area contributed by atoms with Crippen molar-refractivity contribution in [1.82, 2.24) is 5.32 Å². The molecule has 1 aliphatic carbocycles. The Morgan fingerprint density at radius 1 is 1.80 bits per heavy atom. The fourth-order valence-corrected chi connectivity index (χ4v) is 1.06. The minimum absolute atomic E-state index is 0.250. The van der Waals surface area contributed by atoms with Crippen LogP contribution >= 0.6 is 0 Å². The Hall–Kier alpha value is -0.750. The van der Waals surface area contributed by atoms with Gasteiger partial charge >= 0.3 is 0 Å². The van der Waals surface area contributed by atoms with Crippen LogP contribution in [0, 0.1) is 17.4 Å². The molecule has 1 aliphatic rings. The van der Waals surface area contributed by atoms with Crippen LogP contribution in [0.3, 0.4) is 0 Å². The standard InChI is InChI=1S/C7H12N2O/c1-10-7(4-9-5-8)6-2-3-6/h6-7,9H,2-4H2,1H3. The van der Waals surface area contributed by atoms with Gasteiger partial charge in [-0.1, -0.05) is 0 Å². The number of ether oxygens (including phenoxy) is 1. The highest BCUT2D eigenvalue weighted by Crippen LogP contribution is 2.33. The molecule has 0 aliphatic heterocycles. The normalized spacial score (nSPS) is 19.6. The predicted molar refractivity (Wildman–Crippen MR) is 37.1 cm³/mol. The maximum absolute atomic E-state index is 8.20. The van der Waals surface area contributed by atoms with E-state index in [0.29, 0.717) is 12.5 Å². The summed E-state index contributed by atoms with van der Waals surface area (Å²) in [5.74, 6) is 0.700. The van der Waals surface area contributed by atoms with Gasteiger partial charge in [-0.2, -0.15) is 5.26 Å². The largest absolute Gasteiger partial charge is 0.379 e. The van der Waals surface area contributed by atoms with Gasteiger partial charge in [-0.05, 0) is 18.8 Å². The third-order valence-electron chi connectivity index (χ3n) is 1.83. The number of methoxy groups -OCH3 is 1. The monoisotopic (exact) mass is 140 g/mol. The molecule has 0 bridgehead atoms. The van der Waals surface area contributed by atoms with Crippen molar-refractivity contribution in [2.45, 2.75) is 18.9 Å². The minimum Gasteiger partial charge on any atom is -0.379 e. The molecule has 0 aromatic rings. The fourth-order valence-electron chi connectivity index (χ4n) is 1.06. The van der Waals surface area contributed by atoms with Gasteiger partial charge in [0, 0.05) is 7.11 Å². The molecule has 1 unspecified atom stereocenters. The van der Waals surface area contributed by atoms with Crippen molar-refractivity contribution in [1.29, 1.82) is 5.26 Å². The highest BCUT2D eigenvalue weighted by atomic mass is 16.5. The molecule has 3 heteroatoms. The second-order valence-corrected chi connectivity index (χ2v) is 2.60. The van der Waals surface area contributed by atoms with E-state index in [1.54, 1.807) is 7.11 Å². The minimum atomic E-state index is 0.250. The molecule has 0 aromatic heterocycles. The Morgan fingerprint density at radius 2 is 2.50 bits per heavy atom. The Labute approximate surface area is 61.0 Å². The van der Waals surface area contributed by atoms with Crippen LogP contribution in [0.1, 0.15) is 12.8 Å². The van der Waals surface area contributed by atoms with Crippen LogP contribution in [0.2, 0.25) is 0 Å². The zero-order valence-electron chi connectivity index (χ0n) is 6.13. The van der Waals surface area contributed by atoms with E-state index in [4.69, 9.17) is 10.00 Å². The topological polar surface area (TPSA) is 45.0 Å². The first-order chi connectivity index (χ1) is 4.88. The van der Waals surface area contributed by atoms with E-state index in [1.165, 1.54) is 12.8 Å². The summed E-state index contributed by atoms with van der Waals surface area (Å²) in [5, 5.41) is 10.8. The average Bonchev–Trinajstić information content (AvgIpc) is 2.73. The van der Waals surface area contributed by atoms with Crippen LogP contribution in [-0.4, -0.2) is 19.8 Å². The van der Waals surface area contributed by atoms with Crippen molar-refractivity contribution in [2.75, 3.05) is 13.7 Å². The lowest BCUT2D eigenvalue weighted by molar-refractivity contribution is 0.0872. The number of nitriles is 1. The molecule has 0 saturated heterocycles. The van der Waals surface area contributed by atoms with Gasteiger partial charge in [0.05, 0.1) is 12.6 Å². The van der Waals surface area contributed by atoms with E-state index in [2.05, 4.69) is 5.32 Å². The number of nitrogens with one attached hydrogen (secondary N) is 1. The molecule has 3 nitrogen and oxygen atoms in total. The van der Waals surface area contributed by atoms with E-state index < -0.39 is 0 Å². The molecule has 1 atom stereocenters. The lowest BCUT2D eigenvalue weighted by Crippen LogP contribution is -2.26. The zero-order chi connectivity index (χ0) is 7.40. The third kappa shape index (κ3) is 1.89. The molecule has 0 spiro atoms. The van der Waals surface area contributed by atoms with Gasteiger partial charge in [0.25, 0.3) is 0 Å². The molecule has 1 N–H and O–H groups in total. The second-order valence-electron chi connectivity index (χ2n) is 2.60. The summed E-state index contributed by atoms with van der Waals surface area (Å²) >= 11 is 0. The van der Waals surface area contributed by atoms with Gasteiger partial charge in [0.1, 0.15) is 0 Å². The Bertz CT molecular complexity index is 137. The first-order valence-electron chi connectivity index (χ1n) is 3.53. The summed E-state index contributed by atoms with van der Waals surface area (Å²) in [4.78, 5) is 0. The van der Waals surface area contributed by atoms with Crippen molar-refractivity contribution in [3.63, 3.8) is 0 Å². The highest BCUT2D eigenvalue weighted by Gasteiger charge is 2.30. The smallest absolute Gasteiger partial charge is 0.176 e. The summed E-state index contributed by atoms with van der Waals surface area (Å²) < 4.78 is 5.16. The van der Waals surface area contributed by atoms with E-state index in [1.807, 2.05) is 6.19 Å². The summed E-state index contributed by atoms with van der Waals surface area (Å²) in [7, 11) is 1.70. The van der Waals surface area contributed by atoms with Gasteiger partial charge in [0.15, 0.2) is 6.19 Å². The molecule has 0 radical (unpaired) electrons. The highest BCUT2D eigenvalue weighted by molar-refractivity contribution is 4.84. The summed E-state index contributed by atoms with van der Waals surface area (Å²) in [6, 6.07) is 0. The van der Waals surface area contributed by atoms with Crippen molar-refractivity contribution >= 4 is 0 Å². The van der Waals surface area contributed by atoms with E-state index >= 15 is 0 Å². The molecule has 0 heterocycles. The lowest BCUT2D eigenvalue weighted by atomic mass is 10.2. The molecule has 1 rings (SSSR count). The van der Waals surface area contributed by atoms with Gasteiger partial charge in [-0.25, -0.2) is 0 Å². The number of hydrogen-bond donors (Lipinski definition) is 1. The first kappa shape index (κ1) is 7.36. The van der Waals surface area contributed by atoms with Crippen LogP contribution in [-0.2, 0) is 4.74 Å². The number of rotatable bonds is 4. The van der Waals surface area contributed by atoms with Crippen molar-refractivity contribution in [3.8, 4) is 6.19 Å². The first-order valence-corrected chi connectivity index (χ1v) is 3.53. The van der Waals surface area contributed by atoms with E-state index in [0.717, 1.165) is 0 Å². The quantitative estimate of drug-likeness (QED) is 0.456. The van der Waals surface area contributed by atoms with Crippen LogP contribution in [0.25, 0.3) is 0 Å². The molecular weight excluding hydrogens is 128 g/mol. The summed E-state index contributed by atoms with van der Waals surface area (Å²) in [6.45, 7) is 0.664. The van der Waals surface area contributed by atoms with E-state index in [9.17, 15) is 0 Å². The Kier molecular flexibility index (Phi) is 2.52. The lowest BCUT2D eigenvalue weighted by Gasteiger charge is -2.11. The Balaban J connectivity index is 2.14. The van der Waals surface area contributed by atoms with Gasteiger partial charge in [-0.3, -0.25) is 0 Å². The number of nitrogens with zero attached hydrogens (tertiary/aromatic N) is 1. The maximum Gasteiger partial charge on any atom is 0.176 e. The molecule has 1 saturated carbocycles. The molecule has 0 aromatic carbocycles. The van der Waals surface area contributed by atoms with Crippen LogP contribution in [0.4, 0.5) is 0 Å². The average molecular weight is 140 g/mol. The Morgan fingerprint density at radius 3 is 2.90 bits per heavy atom. The van der Waals surface area contributed by atoms with Crippen molar-refractivity contribution < 1.29 is 4.74 Å².